The minimum absolute atomic E-state index is 0.0371. The number of carbonyl (C=O) groups excluding carboxylic acids is 1. The minimum atomic E-state index is -0.137. The van der Waals surface area contributed by atoms with Gasteiger partial charge in [-0.3, -0.25) is 4.79 Å². The molecular weight excluding hydrogens is 218 g/mol. The fourth-order valence-corrected chi connectivity index (χ4v) is 1.65. The normalized spacial score (nSPS) is 12.6. The van der Waals surface area contributed by atoms with E-state index in [4.69, 9.17) is 5.11 Å². The Morgan fingerprint density at radius 3 is 3.18 bits per heavy atom. The molecule has 0 bridgehead atoms. The van der Waals surface area contributed by atoms with Crippen LogP contribution in [0.5, 0.6) is 0 Å². The molecule has 90 valence electrons. The van der Waals surface area contributed by atoms with E-state index in [1.165, 1.54) is 0 Å². The number of amides is 1. The summed E-state index contributed by atoms with van der Waals surface area (Å²) in [5, 5.41) is 11.6. The molecule has 1 atom stereocenters. The number of nitrogens with zero attached hydrogens (tertiary/aromatic N) is 1. The summed E-state index contributed by atoms with van der Waals surface area (Å²) >= 11 is 0. The maximum absolute atomic E-state index is 11.9. The van der Waals surface area contributed by atoms with Crippen LogP contribution in [0.3, 0.4) is 0 Å². The van der Waals surface area contributed by atoms with Gasteiger partial charge in [-0.05, 0) is 31.5 Å². The number of aromatic amines is 1. The fourth-order valence-electron chi connectivity index (χ4n) is 1.65. The zero-order valence-electron chi connectivity index (χ0n) is 9.60. The summed E-state index contributed by atoms with van der Waals surface area (Å²) in [7, 11) is 0. The molecule has 1 unspecified atom stereocenters. The topological polar surface area (TPSA) is 78.0 Å². The summed E-state index contributed by atoms with van der Waals surface area (Å²) < 4.78 is 0. The van der Waals surface area contributed by atoms with Crippen molar-refractivity contribution in [2.24, 2.45) is 0 Å². The molecule has 0 saturated carbocycles. The van der Waals surface area contributed by atoms with E-state index < -0.39 is 0 Å². The average molecular weight is 233 g/mol. The lowest BCUT2D eigenvalue weighted by atomic mass is 10.1. The van der Waals surface area contributed by atoms with Crippen LogP contribution in [0, 0.1) is 0 Å². The van der Waals surface area contributed by atoms with Gasteiger partial charge in [0, 0.05) is 18.2 Å². The van der Waals surface area contributed by atoms with Gasteiger partial charge >= 0.3 is 0 Å². The van der Waals surface area contributed by atoms with Crippen molar-refractivity contribution in [1.29, 1.82) is 0 Å². The second-order valence-electron chi connectivity index (χ2n) is 4.02. The van der Waals surface area contributed by atoms with Crippen molar-refractivity contribution >= 4 is 16.9 Å². The van der Waals surface area contributed by atoms with Crippen LogP contribution in [0.1, 0.15) is 23.7 Å². The van der Waals surface area contributed by atoms with Gasteiger partial charge in [-0.25, -0.2) is 4.98 Å². The Morgan fingerprint density at radius 1 is 1.59 bits per heavy atom. The van der Waals surface area contributed by atoms with Crippen LogP contribution >= 0.6 is 0 Å². The molecule has 2 aromatic rings. The van der Waals surface area contributed by atoms with Gasteiger partial charge in [0.25, 0.3) is 5.91 Å². The number of H-pyrrole nitrogens is 1. The second-order valence-corrected chi connectivity index (χ2v) is 4.02. The number of rotatable bonds is 4. The third-order valence-corrected chi connectivity index (χ3v) is 2.62. The summed E-state index contributed by atoms with van der Waals surface area (Å²) in [4.78, 5) is 18.9. The van der Waals surface area contributed by atoms with Crippen molar-refractivity contribution in [2.75, 3.05) is 6.61 Å². The minimum Gasteiger partial charge on any atom is -0.396 e. The van der Waals surface area contributed by atoms with Gasteiger partial charge < -0.3 is 15.4 Å². The molecule has 0 aliphatic heterocycles. The van der Waals surface area contributed by atoms with Gasteiger partial charge in [0.1, 0.15) is 0 Å². The van der Waals surface area contributed by atoms with Crippen molar-refractivity contribution in [3.05, 3.63) is 30.1 Å². The largest absolute Gasteiger partial charge is 0.396 e. The fraction of sp³-hybridized carbons (Fsp3) is 0.333. The van der Waals surface area contributed by atoms with Crippen molar-refractivity contribution in [1.82, 2.24) is 15.3 Å². The van der Waals surface area contributed by atoms with Crippen LogP contribution in [-0.4, -0.2) is 33.6 Å². The molecule has 0 aliphatic rings. The molecule has 1 aromatic heterocycles. The van der Waals surface area contributed by atoms with Crippen LogP contribution in [0.25, 0.3) is 11.0 Å². The molecule has 2 rings (SSSR count). The van der Waals surface area contributed by atoms with Crippen LogP contribution < -0.4 is 5.32 Å². The van der Waals surface area contributed by atoms with Gasteiger partial charge in [-0.1, -0.05) is 0 Å². The third kappa shape index (κ3) is 2.62. The molecule has 0 aliphatic carbocycles. The first-order chi connectivity index (χ1) is 8.20. The molecular formula is C12H15N3O2. The number of aromatic nitrogens is 2. The van der Waals surface area contributed by atoms with Gasteiger partial charge in [0.2, 0.25) is 0 Å². The van der Waals surface area contributed by atoms with Crippen molar-refractivity contribution in [3.63, 3.8) is 0 Å². The SMILES string of the molecule is CC(CCO)NC(=O)c1ccc2nc[nH]c2c1. The van der Waals surface area contributed by atoms with E-state index in [9.17, 15) is 4.79 Å². The van der Waals surface area contributed by atoms with Crippen LogP contribution in [0.4, 0.5) is 0 Å². The molecule has 5 nitrogen and oxygen atoms in total. The summed E-state index contributed by atoms with van der Waals surface area (Å²) in [6, 6.07) is 5.27. The molecule has 1 aromatic carbocycles. The molecule has 1 heterocycles. The highest BCUT2D eigenvalue weighted by molar-refractivity contribution is 5.97. The van der Waals surface area contributed by atoms with Crippen molar-refractivity contribution < 1.29 is 9.90 Å². The number of imidazole rings is 1. The Kier molecular flexibility index (Phi) is 3.39. The molecule has 0 saturated heterocycles. The lowest BCUT2D eigenvalue weighted by molar-refractivity contribution is 0.0934. The monoisotopic (exact) mass is 233 g/mol. The Bertz CT molecular complexity index is 521. The maximum atomic E-state index is 11.9. The quantitative estimate of drug-likeness (QED) is 0.739. The first kappa shape index (κ1) is 11.6. The van der Waals surface area contributed by atoms with E-state index in [0.29, 0.717) is 12.0 Å². The summed E-state index contributed by atoms with van der Waals surface area (Å²) in [5.74, 6) is -0.137. The highest BCUT2D eigenvalue weighted by atomic mass is 16.3. The number of benzene rings is 1. The lowest BCUT2D eigenvalue weighted by Gasteiger charge is -2.12. The van der Waals surface area contributed by atoms with E-state index in [0.717, 1.165) is 11.0 Å². The molecule has 5 heteroatoms. The number of aliphatic hydroxyl groups excluding tert-OH is 1. The number of hydrogen-bond acceptors (Lipinski definition) is 3. The number of carbonyl (C=O) groups is 1. The van der Waals surface area contributed by atoms with Gasteiger partial charge in [0.05, 0.1) is 17.4 Å². The zero-order chi connectivity index (χ0) is 12.3. The molecule has 0 spiro atoms. The second kappa shape index (κ2) is 4.97. The number of fused-ring (bicyclic) bond motifs is 1. The molecule has 17 heavy (non-hydrogen) atoms. The van der Waals surface area contributed by atoms with E-state index in [2.05, 4.69) is 15.3 Å². The zero-order valence-corrected chi connectivity index (χ0v) is 9.60. The first-order valence-electron chi connectivity index (χ1n) is 5.55. The lowest BCUT2D eigenvalue weighted by Crippen LogP contribution is -2.33. The van der Waals surface area contributed by atoms with E-state index in [-0.39, 0.29) is 18.6 Å². The molecule has 1 amide bonds. The Balaban J connectivity index is 2.13. The Hall–Kier alpha value is -1.88. The van der Waals surface area contributed by atoms with Crippen LogP contribution in [0.15, 0.2) is 24.5 Å². The van der Waals surface area contributed by atoms with Gasteiger partial charge in [-0.2, -0.15) is 0 Å². The van der Waals surface area contributed by atoms with Crippen LogP contribution in [-0.2, 0) is 0 Å². The third-order valence-electron chi connectivity index (χ3n) is 2.62. The molecule has 0 radical (unpaired) electrons. The number of aliphatic hydroxyl groups is 1. The molecule has 0 fully saturated rings. The smallest absolute Gasteiger partial charge is 0.251 e. The number of hydrogen-bond donors (Lipinski definition) is 3. The molecule has 3 N–H and O–H groups in total. The predicted molar refractivity (Wildman–Crippen MR) is 64.7 cm³/mol. The summed E-state index contributed by atoms with van der Waals surface area (Å²) in [6.45, 7) is 1.93. The van der Waals surface area contributed by atoms with Gasteiger partial charge in [-0.15, -0.1) is 0 Å². The number of nitrogens with one attached hydrogen (secondary N) is 2. The summed E-state index contributed by atoms with van der Waals surface area (Å²) in [5.41, 5.74) is 2.27. The van der Waals surface area contributed by atoms with E-state index in [1.807, 2.05) is 6.92 Å². The first-order valence-corrected chi connectivity index (χ1v) is 5.55. The Labute approximate surface area is 98.9 Å². The summed E-state index contributed by atoms with van der Waals surface area (Å²) in [6.07, 6.45) is 2.15. The van der Waals surface area contributed by atoms with Gasteiger partial charge in [0.15, 0.2) is 0 Å². The van der Waals surface area contributed by atoms with E-state index in [1.54, 1.807) is 24.5 Å². The highest BCUT2D eigenvalue weighted by Gasteiger charge is 2.10. The van der Waals surface area contributed by atoms with Crippen molar-refractivity contribution in [2.45, 2.75) is 19.4 Å². The standard InChI is InChI=1S/C12H15N3O2/c1-8(4-5-16)15-12(17)9-2-3-10-11(6-9)14-7-13-10/h2-3,6-8,16H,4-5H2,1H3,(H,13,14)(H,15,17). The predicted octanol–water partition coefficient (Wildman–Crippen LogP) is 1.06. The van der Waals surface area contributed by atoms with E-state index >= 15 is 0 Å². The maximum Gasteiger partial charge on any atom is 0.251 e. The highest BCUT2D eigenvalue weighted by Crippen LogP contribution is 2.11. The van der Waals surface area contributed by atoms with Crippen molar-refractivity contribution in [3.8, 4) is 0 Å². The average Bonchev–Trinajstić information content (AvgIpc) is 2.75. The van der Waals surface area contributed by atoms with Crippen LogP contribution in [0.2, 0.25) is 0 Å². The Morgan fingerprint density at radius 2 is 2.41 bits per heavy atom.